The van der Waals surface area contributed by atoms with Gasteiger partial charge in [0.05, 0.1) is 6.10 Å². The Labute approximate surface area is 202 Å². The lowest BCUT2D eigenvalue weighted by Gasteiger charge is -2.43. The number of carbonyl (C=O) groups is 1. The third-order valence-electron chi connectivity index (χ3n) is 8.04. The summed E-state index contributed by atoms with van der Waals surface area (Å²) in [6.07, 6.45) is 4.67. The average Bonchev–Trinajstić information content (AvgIpc) is 3.16. The quantitative estimate of drug-likeness (QED) is 0.397. The standard InChI is InChI=1S/C31H34O3/c1-22(32)19-21-31-20-11-10-18-27(31)30(25-16-8-9-17-26(25)31)34-29(24-14-6-3-7-15-24)28(33)23-12-4-2-5-13-23/h2-9,12-17,27-30,33H,10-11,18-21H2,1H3/t27-,28-,29-,30-,31-/m1/s1. The van der Waals surface area contributed by atoms with E-state index in [4.69, 9.17) is 4.74 Å². The Kier molecular flexibility index (Phi) is 6.67. The summed E-state index contributed by atoms with van der Waals surface area (Å²) in [6, 6.07) is 28.6. The molecule has 0 radical (unpaired) electrons. The number of rotatable bonds is 8. The van der Waals surface area contributed by atoms with Gasteiger partial charge in [-0.2, -0.15) is 0 Å². The van der Waals surface area contributed by atoms with Gasteiger partial charge >= 0.3 is 0 Å². The Morgan fingerprint density at radius 2 is 1.59 bits per heavy atom. The number of hydrogen-bond donors (Lipinski definition) is 1. The lowest BCUT2D eigenvalue weighted by atomic mass is 9.63. The number of carbonyl (C=O) groups excluding carboxylic acids is 1. The Morgan fingerprint density at radius 1 is 0.941 bits per heavy atom. The number of aliphatic hydroxyl groups is 1. The molecule has 3 aromatic carbocycles. The summed E-state index contributed by atoms with van der Waals surface area (Å²) in [6.45, 7) is 1.70. The van der Waals surface area contributed by atoms with Gasteiger partial charge in [0.2, 0.25) is 0 Å². The van der Waals surface area contributed by atoms with E-state index in [-0.39, 0.29) is 17.3 Å². The molecule has 1 saturated carbocycles. The van der Waals surface area contributed by atoms with Crippen LogP contribution in [0.2, 0.25) is 0 Å². The molecule has 1 N–H and O–H groups in total. The van der Waals surface area contributed by atoms with Crippen LogP contribution in [0.4, 0.5) is 0 Å². The molecule has 0 bridgehead atoms. The SMILES string of the molecule is CC(=O)CC[C@@]12CCCC[C@@H]1[C@H](O[C@H](c1ccccc1)[C@H](O)c1ccccc1)c1ccccc12. The van der Waals surface area contributed by atoms with Gasteiger partial charge in [-0.25, -0.2) is 0 Å². The maximum absolute atomic E-state index is 12.0. The minimum absolute atomic E-state index is 0.0237. The molecule has 1 fully saturated rings. The van der Waals surface area contributed by atoms with Crippen LogP contribution < -0.4 is 0 Å². The molecule has 0 spiro atoms. The van der Waals surface area contributed by atoms with Crippen LogP contribution in [0.5, 0.6) is 0 Å². The Balaban J connectivity index is 1.55. The molecule has 3 aromatic rings. The molecule has 0 saturated heterocycles. The van der Waals surface area contributed by atoms with Crippen molar-refractivity contribution in [3.05, 3.63) is 107 Å². The molecule has 0 unspecified atom stereocenters. The number of ketones is 1. The number of Topliss-reactive ketones (excluding diaryl/α,β-unsaturated/α-hetero) is 1. The molecule has 34 heavy (non-hydrogen) atoms. The zero-order valence-corrected chi connectivity index (χ0v) is 19.9. The van der Waals surface area contributed by atoms with Crippen molar-refractivity contribution in [3.63, 3.8) is 0 Å². The first-order valence-corrected chi connectivity index (χ1v) is 12.6. The first-order valence-electron chi connectivity index (χ1n) is 12.6. The molecular formula is C31H34O3. The molecule has 3 nitrogen and oxygen atoms in total. The second-order valence-electron chi connectivity index (χ2n) is 10.0. The van der Waals surface area contributed by atoms with Crippen LogP contribution in [-0.2, 0) is 14.9 Å². The molecular weight excluding hydrogens is 420 g/mol. The minimum atomic E-state index is -0.772. The lowest BCUT2D eigenvalue weighted by molar-refractivity contribution is -0.120. The average molecular weight is 455 g/mol. The molecule has 0 heterocycles. The first kappa shape index (κ1) is 23.0. The molecule has 176 valence electrons. The van der Waals surface area contributed by atoms with Crippen LogP contribution in [0.15, 0.2) is 84.9 Å². The van der Waals surface area contributed by atoms with Crippen molar-refractivity contribution < 1.29 is 14.6 Å². The minimum Gasteiger partial charge on any atom is -0.385 e. The highest BCUT2D eigenvalue weighted by Crippen LogP contribution is 2.60. The van der Waals surface area contributed by atoms with Crippen LogP contribution in [-0.4, -0.2) is 10.9 Å². The first-order chi connectivity index (χ1) is 16.6. The summed E-state index contributed by atoms with van der Waals surface area (Å²) in [7, 11) is 0. The fourth-order valence-corrected chi connectivity index (χ4v) is 6.43. The van der Waals surface area contributed by atoms with E-state index in [9.17, 15) is 9.90 Å². The monoisotopic (exact) mass is 454 g/mol. The van der Waals surface area contributed by atoms with Crippen LogP contribution in [0.1, 0.15) is 86.0 Å². The summed E-state index contributed by atoms with van der Waals surface area (Å²) >= 11 is 0. The van der Waals surface area contributed by atoms with Gasteiger partial charge in [-0.3, -0.25) is 0 Å². The van der Waals surface area contributed by atoms with Gasteiger partial charge < -0.3 is 14.6 Å². The summed E-state index contributed by atoms with van der Waals surface area (Å²) < 4.78 is 7.01. The highest BCUT2D eigenvalue weighted by atomic mass is 16.5. The van der Waals surface area contributed by atoms with Crippen molar-refractivity contribution in [2.75, 3.05) is 0 Å². The third kappa shape index (κ3) is 4.23. The maximum atomic E-state index is 12.0. The predicted octanol–water partition coefficient (Wildman–Crippen LogP) is 7.03. The molecule has 5 rings (SSSR count). The second-order valence-corrected chi connectivity index (χ2v) is 10.0. The van der Waals surface area contributed by atoms with Crippen molar-refractivity contribution >= 4 is 5.78 Å². The predicted molar refractivity (Wildman–Crippen MR) is 134 cm³/mol. The van der Waals surface area contributed by atoms with Gasteiger partial charge in [-0.05, 0) is 54.4 Å². The number of ether oxygens (including phenoxy) is 1. The van der Waals surface area contributed by atoms with Gasteiger partial charge in [0.25, 0.3) is 0 Å². The van der Waals surface area contributed by atoms with Gasteiger partial charge in [0.1, 0.15) is 18.0 Å². The van der Waals surface area contributed by atoms with Gasteiger partial charge in [0, 0.05) is 11.8 Å². The van der Waals surface area contributed by atoms with E-state index in [0.29, 0.717) is 12.3 Å². The lowest BCUT2D eigenvalue weighted by Crippen LogP contribution is -2.37. The van der Waals surface area contributed by atoms with E-state index in [2.05, 4.69) is 24.3 Å². The number of benzene rings is 3. The topological polar surface area (TPSA) is 46.5 Å². The number of hydrogen-bond acceptors (Lipinski definition) is 3. The summed E-state index contributed by atoms with van der Waals surface area (Å²) in [5.41, 5.74) is 4.40. The molecule has 0 aromatic heterocycles. The number of aliphatic hydroxyl groups excluding tert-OH is 1. The van der Waals surface area contributed by atoms with E-state index in [1.54, 1.807) is 6.92 Å². The van der Waals surface area contributed by atoms with Crippen LogP contribution >= 0.6 is 0 Å². The maximum Gasteiger partial charge on any atom is 0.129 e. The summed E-state index contributed by atoms with van der Waals surface area (Å²) in [4.78, 5) is 12.0. The molecule has 0 aliphatic heterocycles. The number of fused-ring (bicyclic) bond motifs is 3. The Bertz CT molecular complexity index is 1110. The van der Waals surface area contributed by atoms with Crippen molar-refractivity contribution in [2.24, 2.45) is 5.92 Å². The van der Waals surface area contributed by atoms with Gasteiger partial charge in [-0.15, -0.1) is 0 Å². The van der Waals surface area contributed by atoms with E-state index < -0.39 is 12.2 Å². The highest BCUT2D eigenvalue weighted by molar-refractivity contribution is 5.75. The normalized spacial score (nSPS) is 25.2. The van der Waals surface area contributed by atoms with Gasteiger partial charge in [-0.1, -0.05) is 97.8 Å². The van der Waals surface area contributed by atoms with Crippen molar-refractivity contribution in [3.8, 4) is 0 Å². The van der Waals surface area contributed by atoms with Crippen molar-refractivity contribution in [2.45, 2.75) is 69.2 Å². The Morgan fingerprint density at radius 3 is 2.29 bits per heavy atom. The van der Waals surface area contributed by atoms with Gasteiger partial charge in [0.15, 0.2) is 0 Å². The largest absolute Gasteiger partial charge is 0.385 e. The fraction of sp³-hybridized carbons (Fsp3) is 0.387. The zero-order chi connectivity index (χ0) is 23.5. The summed E-state index contributed by atoms with van der Waals surface area (Å²) in [5.74, 6) is 0.564. The smallest absolute Gasteiger partial charge is 0.129 e. The molecule has 3 heteroatoms. The second kappa shape index (κ2) is 9.85. The van der Waals surface area contributed by atoms with E-state index in [1.807, 2.05) is 60.7 Å². The fourth-order valence-electron chi connectivity index (χ4n) is 6.43. The summed E-state index contributed by atoms with van der Waals surface area (Å²) in [5, 5.41) is 11.5. The Hall–Kier alpha value is -2.75. The van der Waals surface area contributed by atoms with E-state index >= 15 is 0 Å². The molecule has 2 aliphatic carbocycles. The van der Waals surface area contributed by atoms with E-state index in [0.717, 1.165) is 30.4 Å². The molecule has 2 aliphatic rings. The van der Waals surface area contributed by atoms with Crippen LogP contribution in [0.3, 0.4) is 0 Å². The van der Waals surface area contributed by atoms with Crippen LogP contribution in [0.25, 0.3) is 0 Å². The van der Waals surface area contributed by atoms with Crippen molar-refractivity contribution in [1.29, 1.82) is 0 Å². The van der Waals surface area contributed by atoms with Crippen molar-refractivity contribution in [1.82, 2.24) is 0 Å². The highest BCUT2D eigenvalue weighted by Gasteiger charge is 2.53. The van der Waals surface area contributed by atoms with E-state index in [1.165, 1.54) is 24.0 Å². The molecule has 5 atom stereocenters. The molecule has 0 amide bonds. The third-order valence-corrected chi connectivity index (χ3v) is 8.04. The zero-order valence-electron chi connectivity index (χ0n) is 19.9. The van der Waals surface area contributed by atoms with Crippen LogP contribution in [0, 0.1) is 5.92 Å².